The molecule has 14 nitrogen and oxygen atoms in total. The van der Waals surface area contributed by atoms with Gasteiger partial charge in [0.1, 0.15) is 47.5 Å². The summed E-state index contributed by atoms with van der Waals surface area (Å²) in [6.45, 7) is 20.7. The zero-order valence-electron chi connectivity index (χ0n) is 32.7. The maximum absolute atomic E-state index is 15.2. The van der Waals surface area contributed by atoms with Crippen molar-refractivity contribution in [2.45, 2.75) is 148 Å². The van der Waals surface area contributed by atoms with Crippen molar-refractivity contribution >= 4 is 29.7 Å². The van der Waals surface area contributed by atoms with Gasteiger partial charge in [-0.2, -0.15) is 0 Å². The topological polar surface area (TPSA) is 197 Å². The molecule has 5 aliphatic carbocycles. The molecule has 8 rings (SSSR count). The standard InChI is InChI=1S/C40H54O14/c1-15(2)12-24(44)52-34-29-22(51-29)14-39(47)32(45)30(49-19(6)42)25-21(36(34,39)9)13-23(48-18(5)41)35(8)26-16(3)33-40(54-33)37(10,38(11,46)17(4)53-40)28(26)31(27(25)35)50-20(7)43/h15-16,21-23,25-31,33-34,46-47H,4,12-14H2,1-3,5-11H3/t16-,21?,22-,23-,25?,26-,27+,28-,29-,30?,31+,33+,34-,35+,36-,37-,38+,39-,40+/m0/s1. The van der Waals surface area contributed by atoms with Crippen LogP contribution in [0.3, 0.4) is 0 Å². The molecule has 0 aromatic heterocycles. The van der Waals surface area contributed by atoms with Crippen LogP contribution in [0, 0.1) is 57.7 Å². The Morgan fingerprint density at radius 3 is 2.15 bits per heavy atom. The summed E-state index contributed by atoms with van der Waals surface area (Å²) in [5, 5.41) is 25.2. The Hall–Kier alpha value is -3.07. The van der Waals surface area contributed by atoms with Crippen LogP contribution in [0.5, 0.6) is 0 Å². The molecule has 3 saturated heterocycles. The highest BCUT2D eigenvalue weighted by Gasteiger charge is 2.92. The second-order valence-electron chi connectivity index (χ2n) is 18.8. The Kier molecular flexibility index (Phi) is 7.91. The Balaban J connectivity index is 1.38. The van der Waals surface area contributed by atoms with E-state index in [0.29, 0.717) is 0 Å². The molecular weight excluding hydrogens is 704 g/mol. The lowest BCUT2D eigenvalue weighted by molar-refractivity contribution is -0.270. The van der Waals surface area contributed by atoms with Crippen LogP contribution in [-0.2, 0) is 57.1 Å². The van der Waals surface area contributed by atoms with Gasteiger partial charge >= 0.3 is 23.9 Å². The maximum atomic E-state index is 15.2. The molecule has 1 spiro atoms. The largest absolute Gasteiger partial charge is 0.462 e. The number of aliphatic hydroxyl groups is 2. The molecule has 5 saturated carbocycles. The molecular formula is C40H54O14. The number of ether oxygens (including phenoxy) is 7. The van der Waals surface area contributed by atoms with Gasteiger partial charge in [0, 0.05) is 62.2 Å². The molecule has 8 aliphatic rings. The minimum Gasteiger partial charge on any atom is -0.462 e. The highest BCUT2D eigenvalue weighted by atomic mass is 16.8. The molecule has 0 aromatic rings. The number of ketones is 1. The Morgan fingerprint density at radius 1 is 0.926 bits per heavy atom. The lowest BCUT2D eigenvalue weighted by atomic mass is 9.40. The highest BCUT2D eigenvalue weighted by molar-refractivity contribution is 5.95. The van der Waals surface area contributed by atoms with Gasteiger partial charge in [-0.15, -0.1) is 0 Å². The minimum atomic E-state index is -2.19. The molecule has 2 N–H and O–H groups in total. The van der Waals surface area contributed by atoms with E-state index in [-0.39, 0.29) is 36.9 Å². The molecule has 0 amide bonds. The van der Waals surface area contributed by atoms with Crippen molar-refractivity contribution in [2.24, 2.45) is 57.7 Å². The second kappa shape index (κ2) is 11.3. The van der Waals surface area contributed by atoms with E-state index in [1.165, 1.54) is 20.8 Å². The number of carbonyl (C=O) groups is 5. The third kappa shape index (κ3) is 4.34. The first kappa shape index (κ1) is 37.8. The van der Waals surface area contributed by atoms with Crippen molar-refractivity contribution in [3.63, 3.8) is 0 Å². The SMILES string of the molecule is C=C1O[C@@]23O[C@@H]2[C@@H](C)[C@H]2[C@@H]([C@H](OC(C)=O)[C@H]4C5C(OC(C)=O)C(=O)[C@@]6(O)C[C@@H]7O[C@@H]7[C@H](OC(=O)CC(C)C)[C@]6(C)C5C[C@H](OC(C)=O)[C@]24C)[C@@]3(C)[C@]1(C)O. The van der Waals surface area contributed by atoms with Crippen LogP contribution in [0.25, 0.3) is 0 Å². The molecule has 0 bridgehead atoms. The van der Waals surface area contributed by atoms with Crippen LogP contribution in [0.1, 0.15) is 88.5 Å². The van der Waals surface area contributed by atoms with Crippen LogP contribution < -0.4 is 0 Å². The summed E-state index contributed by atoms with van der Waals surface area (Å²) in [6, 6.07) is 0. The summed E-state index contributed by atoms with van der Waals surface area (Å²) in [7, 11) is 0. The molecule has 3 heterocycles. The average Bonchev–Trinajstić information content (AvgIpc) is 3.94. The maximum Gasteiger partial charge on any atom is 0.306 e. The molecule has 14 heteroatoms. The van der Waals surface area contributed by atoms with Crippen molar-refractivity contribution in [3.8, 4) is 0 Å². The lowest BCUT2D eigenvalue weighted by Gasteiger charge is -2.65. The van der Waals surface area contributed by atoms with Gasteiger partial charge in [-0.3, -0.25) is 24.0 Å². The van der Waals surface area contributed by atoms with Crippen LogP contribution in [-0.4, -0.2) is 99.6 Å². The highest BCUT2D eigenvalue weighted by Crippen LogP contribution is 2.82. The Bertz CT molecular complexity index is 1740. The smallest absolute Gasteiger partial charge is 0.306 e. The summed E-state index contributed by atoms with van der Waals surface area (Å²) in [5.41, 5.74) is -7.79. The van der Waals surface area contributed by atoms with Crippen molar-refractivity contribution < 1.29 is 67.3 Å². The lowest BCUT2D eigenvalue weighted by Crippen LogP contribution is -2.77. The molecule has 3 unspecified atom stereocenters. The van der Waals surface area contributed by atoms with E-state index in [1.807, 2.05) is 34.6 Å². The number of epoxide rings is 2. The number of hydrogen-bond donors (Lipinski definition) is 2. The van der Waals surface area contributed by atoms with Crippen molar-refractivity contribution in [1.82, 2.24) is 0 Å². The molecule has 54 heavy (non-hydrogen) atoms. The van der Waals surface area contributed by atoms with Gasteiger partial charge < -0.3 is 43.4 Å². The zero-order valence-corrected chi connectivity index (χ0v) is 32.7. The predicted octanol–water partition coefficient (Wildman–Crippen LogP) is 2.78. The van der Waals surface area contributed by atoms with Crippen molar-refractivity contribution in [1.29, 1.82) is 0 Å². The van der Waals surface area contributed by atoms with Gasteiger partial charge in [0.05, 0.1) is 11.5 Å². The fourth-order valence-electron chi connectivity index (χ4n) is 13.5. The van der Waals surface area contributed by atoms with Crippen LogP contribution >= 0.6 is 0 Å². The molecule has 298 valence electrons. The molecule has 0 radical (unpaired) electrons. The summed E-state index contributed by atoms with van der Waals surface area (Å²) < 4.78 is 43.8. The first-order valence-corrected chi connectivity index (χ1v) is 19.4. The third-order valence-electron chi connectivity index (χ3n) is 15.9. The quantitative estimate of drug-likeness (QED) is 0.228. The van der Waals surface area contributed by atoms with Gasteiger partial charge in [0.25, 0.3) is 0 Å². The monoisotopic (exact) mass is 758 g/mol. The van der Waals surface area contributed by atoms with Crippen LogP contribution in [0.15, 0.2) is 12.3 Å². The van der Waals surface area contributed by atoms with E-state index in [2.05, 4.69) is 6.58 Å². The fourth-order valence-corrected chi connectivity index (χ4v) is 13.5. The molecule has 8 fully saturated rings. The average molecular weight is 759 g/mol. The fraction of sp³-hybridized carbons (Fsp3) is 0.825. The number of hydrogen-bond acceptors (Lipinski definition) is 14. The number of rotatable bonds is 6. The van der Waals surface area contributed by atoms with Crippen molar-refractivity contribution in [3.05, 3.63) is 12.3 Å². The third-order valence-corrected chi connectivity index (χ3v) is 15.9. The molecule has 3 aliphatic heterocycles. The number of carbonyl (C=O) groups excluding carboxylic acids is 5. The van der Waals surface area contributed by atoms with E-state index in [4.69, 9.17) is 33.2 Å². The number of esters is 4. The van der Waals surface area contributed by atoms with Crippen LogP contribution in [0.4, 0.5) is 0 Å². The van der Waals surface area contributed by atoms with E-state index >= 15 is 4.79 Å². The first-order valence-electron chi connectivity index (χ1n) is 19.4. The Labute approximate surface area is 314 Å². The first-order chi connectivity index (χ1) is 24.9. The van der Waals surface area contributed by atoms with E-state index in [0.717, 1.165) is 0 Å². The van der Waals surface area contributed by atoms with Gasteiger partial charge in [0.2, 0.25) is 11.6 Å². The van der Waals surface area contributed by atoms with Gasteiger partial charge in [0.15, 0.2) is 6.10 Å². The Morgan fingerprint density at radius 2 is 1.56 bits per heavy atom. The summed E-state index contributed by atoms with van der Waals surface area (Å²) in [5.74, 6) is -8.59. The van der Waals surface area contributed by atoms with Gasteiger partial charge in [-0.1, -0.05) is 41.2 Å². The van der Waals surface area contributed by atoms with Gasteiger partial charge in [-0.05, 0) is 43.9 Å². The summed E-state index contributed by atoms with van der Waals surface area (Å²) in [6.07, 6.45) is -6.25. The zero-order chi connectivity index (χ0) is 39.6. The number of Topliss-reactive ketones (excluding diaryl/α,β-unsaturated/α-hetero) is 1. The van der Waals surface area contributed by atoms with Crippen molar-refractivity contribution in [2.75, 3.05) is 0 Å². The summed E-state index contributed by atoms with van der Waals surface area (Å²) in [4.78, 5) is 68.1. The van der Waals surface area contributed by atoms with E-state index in [1.54, 1.807) is 13.8 Å². The van der Waals surface area contributed by atoms with Crippen LogP contribution in [0.2, 0.25) is 0 Å². The van der Waals surface area contributed by atoms with Gasteiger partial charge in [-0.25, -0.2) is 0 Å². The molecule has 0 aromatic carbocycles. The van der Waals surface area contributed by atoms with E-state index in [9.17, 15) is 29.4 Å². The minimum absolute atomic E-state index is 0.0393. The molecule has 19 atom stereocenters. The normalized spacial score (nSPS) is 54.3. The second-order valence-corrected chi connectivity index (χ2v) is 18.8. The predicted molar refractivity (Wildman–Crippen MR) is 183 cm³/mol. The summed E-state index contributed by atoms with van der Waals surface area (Å²) >= 11 is 0. The number of fused-ring (bicyclic) bond motifs is 9. The van der Waals surface area contributed by atoms with E-state index < -0.39 is 135 Å².